The summed E-state index contributed by atoms with van der Waals surface area (Å²) in [5.41, 5.74) is 2.53. The fraction of sp³-hybridized carbons (Fsp3) is 0.154. The summed E-state index contributed by atoms with van der Waals surface area (Å²) in [5, 5.41) is 0.905. The summed E-state index contributed by atoms with van der Waals surface area (Å²) in [4.78, 5) is 18.1. The molecule has 0 N–H and O–H groups in total. The molecule has 0 bridgehead atoms. The van der Waals surface area contributed by atoms with Crippen molar-refractivity contribution in [3.8, 4) is 22.4 Å². The summed E-state index contributed by atoms with van der Waals surface area (Å²) in [6, 6.07) is 15.1. The van der Waals surface area contributed by atoms with Crippen LogP contribution in [0, 0.1) is 11.6 Å². The van der Waals surface area contributed by atoms with Gasteiger partial charge in [-0.25, -0.2) is 13.8 Å². The molecule has 0 spiro atoms. The third-order valence-corrected chi connectivity index (χ3v) is 7.84. The molecule has 34 heavy (non-hydrogen) atoms. The number of nitrogens with zero attached hydrogens (tertiary/aromatic N) is 1. The number of rotatable bonds is 6. The molecule has 3 aromatic carbocycles. The van der Waals surface area contributed by atoms with Crippen molar-refractivity contribution in [2.24, 2.45) is 0 Å². The summed E-state index contributed by atoms with van der Waals surface area (Å²) in [7, 11) is -3.60. The number of aromatic nitrogens is 1. The van der Waals surface area contributed by atoms with Crippen LogP contribution in [0.2, 0.25) is 0 Å². The first kappa shape index (κ1) is 22.5. The number of benzene rings is 3. The molecule has 172 valence electrons. The van der Waals surface area contributed by atoms with E-state index in [2.05, 4.69) is 4.98 Å². The maximum absolute atomic E-state index is 14.8. The van der Waals surface area contributed by atoms with E-state index in [1.807, 2.05) is 0 Å². The largest absolute Gasteiger partial charge is 0.361 e. The molecule has 5 nitrogen and oxygen atoms in total. The second-order valence-corrected chi connectivity index (χ2v) is 9.77. The van der Waals surface area contributed by atoms with E-state index in [1.54, 1.807) is 56.3 Å². The SMILES string of the molecule is CCOP(=O)(OCC)c1ccc2nc(-c3ccc(F)cc3F)c3c(c2c1)-c1ccccc1C3=O. The first-order valence-electron chi connectivity index (χ1n) is 10.8. The minimum absolute atomic E-state index is 0.0269. The Morgan fingerprint density at radius 2 is 1.56 bits per heavy atom. The topological polar surface area (TPSA) is 65.5 Å². The van der Waals surface area contributed by atoms with Crippen LogP contribution in [0.25, 0.3) is 33.3 Å². The second-order valence-electron chi connectivity index (χ2n) is 7.74. The van der Waals surface area contributed by atoms with E-state index < -0.39 is 19.2 Å². The highest BCUT2D eigenvalue weighted by Gasteiger charge is 2.34. The molecule has 0 saturated heterocycles. The van der Waals surface area contributed by atoms with Gasteiger partial charge in [0.25, 0.3) is 0 Å². The predicted octanol–water partition coefficient (Wildman–Crippen LogP) is 6.28. The normalized spacial score (nSPS) is 12.8. The zero-order chi connectivity index (χ0) is 24.0. The molecule has 1 aliphatic carbocycles. The zero-order valence-corrected chi connectivity index (χ0v) is 19.4. The molecule has 1 heterocycles. The van der Waals surface area contributed by atoms with Crippen LogP contribution in [0.3, 0.4) is 0 Å². The fourth-order valence-corrected chi connectivity index (χ4v) is 5.96. The van der Waals surface area contributed by atoms with Crippen LogP contribution in [0.4, 0.5) is 8.78 Å². The van der Waals surface area contributed by atoms with Crippen molar-refractivity contribution in [2.45, 2.75) is 13.8 Å². The number of fused-ring (bicyclic) bond motifs is 5. The van der Waals surface area contributed by atoms with Crippen LogP contribution in [-0.4, -0.2) is 24.0 Å². The van der Waals surface area contributed by atoms with E-state index in [-0.39, 0.29) is 35.8 Å². The molecule has 0 amide bonds. The number of carbonyl (C=O) groups excluding carboxylic acids is 1. The average Bonchev–Trinajstić information content (AvgIpc) is 3.12. The molecular weight excluding hydrogens is 459 g/mol. The van der Waals surface area contributed by atoms with Crippen molar-refractivity contribution in [3.05, 3.63) is 83.4 Å². The number of halogens is 2. The van der Waals surface area contributed by atoms with Gasteiger partial charge >= 0.3 is 7.60 Å². The van der Waals surface area contributed by atoms with Gasteiger partial charge in [-0.2, -0.15) is 0 Å². The quantitative estimate of drug-likeness (QED) is 0.268. The van der Waals surface area contributed by atoms with Crippen molar-refractivity contribution in [1.82, 2.24) is 4.98 Å². The molecule has 0 unspecified atom stereocenters. The van der Waals surface area contributed by atoms with E-state index in [4.69, 9.17) is 9.05 Å². The first-order valence-corrected chi connectivity index (χ1v) is 12.4. The lowest BCUT2D eigenvalue weighted by atomic mass is 9.96. The lowest BCUT2D eigenvalue weighted by Gasteiger charge is -2.18. The lowest BCUT2D eigenvalue weighted by molar-refractivity contribution is 0.104. The molecule has 0 fully saturated rings. The van der Waals surface area contributed by atoms with Crippen molar-refractivity contribution < 1.29 is 27.2 Å². The monoisotopic (exact) mass is 479 g/mol. The lowest BCUT2D eigenvalue weighted by Crippen LogP contribution is -2.11. The molecule has 8 heteroatoms. The van der Waals surface area contributed by atoms with Gasteiger partial charge in [0.15, 0.2) is 5.78 Å². The minimum Gasteiger partial charge on any atom is -0.305 e. The van der Waals surface area contributed by atoms with Crippen LogP contribution in [-0.2, 0) is 13.6 Å². The third kappa shape index (κ3) is 3.48. The summed E-state index contributed by atoms with van der Waals surface area (Å²) in [6.45, 7) is 3.83. The average molecular weight is 479 g/mol. The summed E-state index contributed by atoms with van der Waals surface area (Å²) in [5.74, 6) is -1.84. The van der Waals surface area contributed by atoms with Gasteiger partial charge in [0.2, 0.25) is 0 Å². The maximum Gasteiger partial charge on any atom is 0.361 e. The Morgan fingerprint density at radius 3 is 2.24 bits per heavy atom. The molecule has 1 aromatic heterocycles. The van der Waals surface area contributed by atoms with Crippen molar-refractivity contribution >= 4 is 29.6 Å². The van der Waals surface area contributed by atoms with Gasteiger partial charge < -0.3 is 9.05 Å². The molecule has 1 aliphatic rings. The maximum atomic E-state index is 14.8. The fourth-order valence-electron chi connectivity index (χ4n) is 4.36. The first-order chi connectivity index (χ1) is 16.4. The number of hydrogen-bond acceptors (Lipinski definition) is 5. The molecule has 0 atom stereocenters. The Labute approximate surface area is 194 Å². The summed E-state index contributed by atoms with van der Waals surface area (Å²) in [6.07, 6.45) is 0. The summed E-state index contributed by atoms with van der Waals surface area (Å²) < 4.78 is 52.8. The van der Waals surface area contributed by atoms with Gasteiger partial charge in [-0.15, -0.1) is 0 Å². The van der Waals surface area contributed by atoms with Crippen molar-refractivity contribution in [3.63, 3.8) is 0 Å². The van der Waals surface area contributed by atoms with E-state index in [1.165, 1.54) is 6.07 Å². The summed E-state index contributed by atoms with van der Waals surface area (Å²) >= 11 is 0. The van der Waals surface area contributed by atoms with Crippen LogP contribution in [0.1, 0.15) is 29.8 Å². The van der Waals surface area contributed by atoms with Crippen LogP contribution in [0.15, 0.2) is 60.7 Å². The third-order valence-electron chi connectivity index (χ3n) is 5.74. The highest BCUT2D eigenvalue weighted by Crippen LogP contribution is 2.49. The number of pyridine rings is 1. The Kier molecular flexibility index (Phi) is 5.64. The highest BCUT2D eigenvalue weighted by molar-refractivity contribution is 7.62. The van der Waals surface area contributed by atoms with Gasteiger partial charge in [0.05, 0.1) is 35.3 Å². The molecule has 0 radical (unpaired) electrons. The minimum atomic E-state index is -3.60. The van der Waals surface area contributed by atoms with Gasteiger partial charge in [-0.3, -0.25) is 9.36 Å². The Balaban J connectivity index is 1.86. The van der Waals surface area contributed by atoms with E-state index in [0.717, 1.165) is 12.1 Å². The Bertz CT molecular complexity index is 1510. The van der Waals surface area contributed by atoms with Gasteiger partial charge in [0.1, 0.15) is 11.6 Å². The second kappa shape index (κ2) is 8.51. The van der Waals surface area contributed by atoms with Crippen LogP contribution in [0.5, 0.6) is 0 Å². The molecular formula is C26H20F2NO4P. The van der Waals surface area contributed by atoms with Crippen molar-refractivity contribution in [2.75, 3.05) is 13.2 Å². The van der Waals surface area contributed by atoms with Crippen LogP contribution >= 0.6 is 7.60 Å². The number of carbonyl (C=O) groups is 1. The predicted molar refractivity (Wildman–Crippen MR) is 126 cm³/mol. The molecule has 0 aliphatic heterocycles. The Hall–Kier alpha value is -3.25. The van der Waals surface area contributed by atoms with E-state index >= 15 is 0 Å². The van der Waals surface area contributed by atoms with Gasteiger partial charge in [0, 0.05) is 28.1 Å². The zero-order valence-electron chi connectivity index (χ0n) is 18.5. The highest BCUT2D eigenvalue weighted by atomic mass is 31.2. The number of ketones is 1. The standard InChI is InChI=1S/C26H20F2NO4P/c1-3-32-34(31,33-4-2)16-10-12-22-20(14-16)23-17-7-5-6-8-18(17)26(30)24(23)25(29-22)19-11-9-15(27)13-21(19)28/h5-14H,3-4H2,1-2H3. The molecule has 0 saturated carbocycles. The van der Waals surface area contributed by atoms with Crippen LogP contribution < -0.4 is 5.30 Å². The smallest absolute Gasteiger partial charge is 0.305 e. The van der Waals surface area contributed by atoms with Crippen molar-refractivity contribution in [1.29, 1.82) is 0 Å². The Morgan fingerprint density at radius 1 is 0.853 bits per heavy atom. The number of hydrogen-bond donors (Lipinski definition) is 0. The molecule has 4 aromatic rings. The van der Waals surface area contributed by atoms with E-state index in [0.29, 0.717) is 32.9 Å². The van der Waals surface area contributed by atoms with Gasteiger partial charge in [-0.05, 0) is 49.7 Å². The van der Waals surface area contributed by atoms with Gasteiger partial charge in [-0.1, -0.05) is 24.3 Å². The van der Waals surface area contributed by atoms with E-state index in [9.17, 15) is 18.1 Å². The molecule has 5 rings (SSSR count).